The van der Waals surface area contributed by atoms with Crippen molar-refractivity contribution in [1.29, 1.82) is 0 Å². The predicted molar refractivity (Wildman–Crippen MR) is 112 cm³/mol. The minimum absolute atomic E-state index is 0.00757. The molecule has 1 N–H and O–H groups in total. The number of halogens is 1. The number of sulfonamides is 1. The molecule has 0 aliphatic carbocycles. The van der Waals surface area contributed by atoms with Crippen molar-refractivity contribution in [1.82, 2.24) is 9.62 Å². The predicted octanol–water partition coefficient (Wildman–Crippen LogP) is 0.888. The van der Waals surface area contributed by atoms with Gasteiger partial charge in [0.2, 0.25) is 15.9 Å². The van der Waals surface area contributed by atoms with Gasteiger partial charge in [0, 0.05) is 19.6 Å². The van der Waals surface area contributed by atoms with Crippen LogP contribution < -0.4 is 15.0 Å². The van der Waals surface area contributed by atoms with Crippen LogP contribution in [0.25, 0.3) is 0 Å². The van der Waals surface area contributed by atoms with Gasteiger partial charge in [-0.05, 0) is 35.9 Å². The van der Waals surface area contributed by atoms with Gasteiger partial charge in [0.25, 0.3) is 5.91 Å². The largest absolute Gasteiger partial charge is 0.482 e. The minimum atomic E-state index is -3.79. The lowest BCUT2D eigenvalue weighted by molar-refractivity contribution is -0.125. The molecule has 0 aromatic heterocycles. The fourth-order valence-electron chi connectivity index (χ4n) is 3.45. The van der Waals surface area contributed by atoms with Crippen LogP contribution in [0.5, 0.6) is 5.75 Å². The number of benzene rings is 2. The standard InChI is InChI=1S/C21H22FN3O6S/c22-16-3-1-15(2-4-16)12-23-20(26)13-25-18-11-17(5-6-19(18)31-14-21(25)27)32(28,29)24-7-9-30-10-8-24/h1-6,11H,7-10,12-14H2,(H,23,26). The first-order chi connectivity index (χ1) is 15.3. The van der Waals surface area contributed by atoms with E-state index in [1.54, 1.807) is 12.1 Å². The van der Waals surface area contributed by atoms with E-state index in [-0.39, 0.29) is 49.2 Å². The summed E-state index contributed by atoms with van der Waals surface area (Å²) < 4.78 is 50.9. The van der Waals surface area contributed by atoms with E-state index >= 15 is 0 Å². The molecule has 2 amide bonds. The Labute approximate surface area is 184 Å². The molecule has 1 fully saturated rings. The van der Waals surface area contributed by atoms with Gasteiger partial charge in [0.15, 0.2) is 6.61 Å². The molecule has 0 radical (unpaired) electrons. The van der Waals surface area contributed by atoms with Crippen LogP contribution in [0.15, 0.2) is 47.4 Å². The molecule has 2 heterocycles. The molecule has 32 heavy (non-hydrogen) atoms. The van der Waals surface area contributed by atoms with E-state index < -0.39 is 21.8 Å². The first-order valence-corrected chi connectivity index (χ1v) is 11.4. The Morgan fingerprint density at radius 1 is 1.09 bits per heavy atom. The maximum atomic E-state index is 13.0. The van der Waals surface area contributed by atoms with Crippen LogP contribution in [0.1, 0.15) is 5.56 Å². The monoisotopic (exact) mass is 463 g/mol. The lowest BCUT2D eigenvalue weighted by Crippen LogP contribution is -2.45. The fraction of sp³-hybridized carbons (Fsp3) is 0.333. The van der Waals surface area contributed by atoms with Gasteiger partial charge in [0.05, 0.1) is 23.8 Å². The van der Waals surface area contributed by atoms with E-state index in [2.05, 4.69) is 5.32 Å². The van der Waals surface area contributed by atoms with E-state index in [0.29, 0.717) is 24.5 Å². The van der Waals surface area contributed by atoms with Gasteiger partial charge < -0.3 is 14.8 Å². The normalized spacial score (nSPS) is 16.9. The average Bonchev–Trinajstić information content (AvgIpc) is 2.81. The summed E-state index contributed by atoms with van der Waals surface area (Å²) in [5.74, 6) is -0.970. The summed E-state index contributed by atoms with van der Waals surface area (Å²) >= 11 is 0. The number of morpholine rings is 1. The van der Waals surface area contributed by atoms with Gasteiger partial charge in [-0.25, -0.2) is 12.8 Å². The number of rotatable bonds is 6. The van der Waals surface area contributed by atoms with Crippen molar-refractivity contribution < 1.29 is 31.9 Å². The maximum absolute atomic E-state index is 13.0. The van der Waals surface area contributed by atoms with Crippen molar-refractivity contribution in [3.63, 3.8) is 0 Å². The zero-order chi connectivity index (χ0) is 22.7. The molecule has 2 aliphatic rings. The summed E-state index contributed by atoms with van der Waals surface area (Å²) in [6, 6.07) is 9.94. The molecule has 4 rings (SSSR count). The molecule has 2 aromatic carbocycles. The number of hydrogen-bond acceptors (Lipinski definition) is 6. The summed E-state index contributed by atoms with van der Waals surface area (Å²) in [5, 5.41) is 2.68. The van der Waals surface area contributed by atoms with Crippen LogP contribution >= 0.6 is 0 Å². The zero-order valence-corrected chi connectivity index (χ0v) is 17.9. The van der Waals surface area contributed by atoms with E-state index in [0.717, 1.165) is 0 Å². The van der Waals surface area contributed by atoms with Gasteiger partial charge in [-0.2, -0.15) is 4.31 Å². The third kappa shape index (κ3) is 4.74. The first-order valence-electron chi connectivity index (χ1n) is 10.0. The minimum Gasteiger partial charge on any atom is -0.482 e. The first kappa shape index (κ1) is 22.2. The molecule has 11 heteroatoms. The molecule has 9 nitrogen and oxygen atoms in total. The summed E-state index contributed by atoms with van der Waals surface area (Å²) in [4.78, 5) is 26.2. The van der Waals surface area contributed by atoms with Crippen LogP contribution in [0.3, 0.4) is 0 Å². The zero-order valence-electron chi connectivity index (χ0n) is 17.1. The van der Waals surface area contributed by atoms with Gasteiger partial charge in [-0.1, -0.05) is 12.1 Å². The summed E-state index contributed by atoms with van der Waals surface area (Å²) in [6.45, 7) is 0.703. The van der Waals surface area contributed by atoms with Gasteiger partial charge in [-0.15, -0.1) is 0 Å². The molecule has 0 unspecified atom stereocenters. The Kier molecular flexibility index (Phi) is 6.40. The molecule has 0 saturated carbocycles. The van der Waals surface area contributed by atoms with E-state index in [9.17, 15) is 22.4 Å². The Bertz CT molecular complexity index is 1120. The molecule has 0 spiro atoms. The van der Waals surface area contributed by atoms with Crippen LogP contribution in [0.2, 0.25) is 0 Å². The number of amides is 2. The highest BCUT2D eigenvalue weighted by molar-refractivity contribution is 7.89. The SMILES string of the molecule is O=C(CN1C(=O)COc2ccc(S(=O)(=O)N3CCOCC3)cc21)NCc1ccc(F)cc1. The van der Waals surface area contributed by atoms with Crippen LogP contribution in [-0.4, -0.2) is 64.0 Å². The van der Waals surface area contributed by atoms with Crippen molar-refractivity contribution in [2.45, 2.75) is 11.4 Å². The number of ether oxygens (including phenoxy) is 2. The van der Waals surface area contributed by atoms with Gasteiger partial charge >= 0.3 is 0 Å². The van der Waals surface area contributed by atoms with Crippen molar-refractivity contribution in [3.05, 3.63) is 53.8 Å². The highest BCUT2D eigenvalue weighted by Crippen LogP contribution is 2.35. The summed E-state index contributed by atoms with van der Waals surface area (Å²) in [5.41, 5.74) is 0.917. The number of fused-ring (bicyclic) bond motifs is 1. The molecule has 0 atom stereocenters. The Balaban J connectivity index is 1.51. The topological polar surface area (TPSA) is 105 Å². The summed E-state index contributed by atoms with van der Waals surface area (Å²) in [7, 11) is -3.79. The average molecular weight is 463 g/mol. The number of nitrogens with one attached hydrogen (secondary N) is 1. The number of anilines is 1. The van der Waals surface area contributed by atoms with Crippen molar-refractivity contribution in [3.8, 4) is 5.75 Å². The second-order valence-electron chi connectivity index (χ2n) is 7.32. The number of nitrogens with zero attached hydrogens (tertiary/aromatic N) is 2. The third-order valence-corrected chi connectivity index (χ3v) is 7.08. The number of hydrogen-bond donors (Lipinski definition) is 1. The van der Waals surface area contributed by atoms with Gasteiger partial charge in [-0.3, -0.25) is 14.5 Å². The van der Waals surface area contributed by atoms with Gasteiger partial charge in [0.1, 0.15) is 18.1 Å². The lowest BCUT2D eigenvalue weighted by atomic mass is 10.2. The second-order valence-corrected chi connectivity index (χ2v) is 9.26. The highest BCUT2D eigenvalue weighted by Gasteiger charge is 2.31. The molecule has 2 aromatic rings. The summed E-state index contributed by atoms with van der Waals surface area (Å²) in [6.07, 6.45) is 0. The molecular weight excluding hydrogens is 441 g/mol. The number of carbonyl (C=O) groups is 2. The Hall–Kier alpha value is -3.02. The van der Waals surface area contributed by atoms with E-state index in [1.165, 1.54) is 39.5 Å². The Morgan fingerprint density at radius 2 is 1.81 bits per heavy atom. The van der Waals surface area contributed by atoms with Crippen molar-refractivity contribution in [2.24, 2.45) is 0 Å². The molecule has 2 aliphatic heterocycles. The van der Waals surface area contributed by atoms with Crippen LogP contribution in [0, 0.1) is 5.82 Å². The second kappa shape index (κ2) is 9.23. The lowest BCUT2D eigenvalue weighted by Gasteiger charge is -2.30. The molecule has 0 bridgehead atoms. The van der Waals surface area contributed by atoms with Crippen LogP contribution in [-0.2, 0) is 30.9 Å². The highest BCUT2D eigenvalue weighted by atomic mass is 32.2. The molecule has 1 saturated heterocycles. The smallest absolute Gasteiger partial charge is 0.265 e. The number of carbonyl (C=O) groups excluding carboxylic acids is 2. The maximum Gasteiger partial charge on any atom is 0.265 e. The molecular formula is C21H22FN3O6S. The quantitative estimate of drug-likeness (QED) is 0.682. The van der Waals surface area contributed by atoms with Crippen molar-refractivity contribution >= 4 is 27.5 Å². The fourth-order valence-corrected chi connectivity index (χ4v) is 4.88. The van der Waals surface area contributed by atoms with E-state index in [1.807, 2.05) is 0 Å². The van der Waals surface area contributed by atoms with E-state index in [4.69, 9.17) is 9.47 Å². The Morgan fingerprint density at radius 3 is 2.53 bits per heavy atom. The third-order valence-electron chi connectivity index (χ3n) is 5.19. The van der Waals surface area contributed by atoms with Crippen LogP contribution in [0.4, 0.5) is 10.1 Å². The van der Waals surface area contributed by atoms with Crippen molar-refractivity contribution in [2.75, 3.05) is 44.4 Å². The molecule has 170 valence electrons.